The Kier molecular flexibility index (Phi) is 5.64. The quantitative estimate of drug-likeness (QED) is 0.430. The van der Waals surface area contributed by atoms with Gasteiger partial charge >= 0.3 is 0 Å². The molecule has 2 heterocycles. The van der Waals surface area contributed by atoms with E-state index in [4.69, 9.17) is 14.5 Å². The molecule has 3 aromatic carbocycles. The molecule has 1 amide bonds. The second-order valence-electron chi connectivity index (χ2n) is 7.55. The summed E-state index contributed by atoms with van der Waals surface area (Å²) in [5.74, 6) is 2.27. The number of nitrogens with zero attached hydrogens (tertiary/aromatic N) is 3. The molecule has 0 radical (unpaired) electrons. The highest BCUT2D eigenvalue weighted by Gasteiger charge is 2.24. The van der Waals surface area contributed by atoms with Crippen LogP contribution < -0.4 is 14.4 Å². The molecule has 6 nitrogen and oxygen atoms in total. The van der Waals surface area contributed by atoms with Crippen molar-refractivity contribution < 1.29 is 14.3 Å². The van der Waals surface area contributed by atoms with Gasteiger partial charge in [-0.25, -0.2) is 4.98 Å². The summed E-state index contributed by atoms with van der Waals surface area (Å²) in [7, 11) is 1.67. The first kappa shape index (κ1) is 20.3. The van der Waals surface area contributed by atoms with Crippen molar-refractivity contribution in [2.45, 2.75) is 0 Å². The molecular formula is C25H23N3O3S. The third-order valence-corrected chi connectivity index (χ3v) is 6.56. The van der Waals surface area contributed by atoms with Crippen LogP contribution in [0.4, 0.5) is 5.13 Å². The Labute approximate surface area is 190 Å². The van der Waals surface area contributed by atoms with Gasteiger partial charge in [-0.1, -0.05) is 35.6 Å². The van der Waals surface area contributed by atoms with Crippen LogP contribution >= 0.6 is 11.3 Å². The lowest BCUT2D eigenvalue weighted by Crippen LogP contribution is -2.48. The number of benzene rings is 3. The van der Waals surface area contributed by atoms with E-state index >= 15 is 0 Å². The van der Waals surface area contributed by atoms with E-state index < -0.39 is 0 Å². The van der Waals surface area contributed by atoms with Crippen molar-refractivity contribution in [3.05, 3.63) is 78.4 Å². The summed E-state index contributed by atoms with van der Waals surface area (Å²) >= 11 is 1.66. The monoisotopic (exact) mass is 445 g/mol. The van der Waals surface area contributed by atoms with Crippen molar-refractivity contribution in [1.29, 1.82) is 0 Å². The van der Waals surface area contributed by atoms with E-state index in [2.05, 4.69) is 4.90 Å². The molecule has 0 spiro atoms. The fourth-order valence-electron chi connectivity index (χ4n) is 3.76. The zero-order valence-electron chi connectivity index (χ0n) is 17.7. The third-order valence-electron chi connectivity index (χ3n) is 5.48. The molecule has 1 saturated heterocycles. The van der Waals surface area contributed by atoms with E-state index in [0.717, 1.165) is 39.9 Å². The number of amides is 1. The maximum absolute atomic E-state index is 13.1. The standard InChI is InChI=1S/C25H23N3O3S/c1-30-20-10-11-22-23(17-20)32-25(26-22)28-14-12-27(13-15-28)24(29)18-6-5-9-21(16-18)31-19-7-3-2-4-8-19/h2-11,16-17H,12-15H2,1H3. The van der Waals surface area contributed by atoms with Crippen LogP contribution in [0.2, 0.25) is 0 Å². The molecule has 4 aromatic rings. The zero-order chi connectivity index (χ0) is 21.9. The Morgan fingerprint density at radius 1 is 0.875 bits per heavy atom. The number of para-hydroxylation sites is 1. The summed E-state index contributed by atoms with van der Waals surface area (Å²) in [6.07, 6.45) is 0. The average Bonchev–Trinajstić information content (AvgIpc) is 3.28. The van der Waals surface area contributed by atoms with Gasteiger partial charge < -0.3 is 19.3 Å². The third kappa shape index (κ3) is 4.24. The minimum absolute atomic E-state index is 0.0252. The molecule has 0 bridgehead atoms. The molecule has 5 rings (SSSR count). The maximum Gasteiger partial charge on any atom is 0.254 e. The highest BCUT2D eigenvalue weighted by Crippen LogP contribution is 2.32. The van der Waals surface area contributed by atoms with Crippen molar-refractivity contribution >= 4 is 32.6 Å². The second kappa shape index (κ2) is 8.88. The predicted octanol–water partition coefficient (Wildman–Crippen LogP) is 5.06. The lowest BCUT2D eigenvalue weighted by molar-refractivity contribution is 0.0746. The van der Waals surface area contributed by atoms with Gasteiger partial charge in [0.15, 0.2) is 5.13 Å². The Hall–Kier alpha value is -3.58. The molecular weight excluding hydrogens is 422 g/mol. The van der Waals surface area contributed by atoms with Crippen LogP contribution in [0.15, 0.2) is 72.8 Å². The van der Waals surface area contributed by atoms with E-state index in [1.54, 1.807) is 18.4 Å². The molecule has 1 fully saturated rings. The predicted molar refractivity (Wildman–Crippen MR) is 127 cm³/mol. The van der Waals surface area contributed by atoms with Gasteiger partial charge in [0.1, 0.15) is 17.2 Å². The first-order valence-electron chi connectivity index (χ1n) is 10.5. The summed E-state index contributed by atoms with van der Waals surface area (Å²) in [5.41, 5.74) is 1.61. The number of hydrogen-bond acceptors (Lipinski definition) is 6. The second-order valence-corrected chi connectivity index (χ2v) is 8.56. The number of anilines is 1. The highest BCUT2D eigenvalue weighted by molar-refractivity contribution is 7.22. The normalized spacial score (nSPS) is 13.9. The van der Waals surface area contributed by atoms with Gasteiger partial charge in [0.25, 0.3) is 5.91 Å². The number of rotatable bonds is 5. The molecule has 0 N–H and O–H groups in total. The molecule has 1 aliphatic rings. The van der Waals surface area contributed by atoms with Crippen molar-refractivity contribution in [2.75, 3.05) is 38.2 Å². The number of aromatic nitrogens is 1. The van der Waals surface area contributed by atoms with Gasteiger partial charge in [0.2, 0.25) is 0 Å². The van der Waals surface area contributed by atoms with Crippen LogP contribution in [0.25, 0.3) is 10.2 Å². The summed E-state index contributed by atoms with van der Waals surface area (Å²) in [4.78, 5) is 22.0. The fraction of sp³-hybridized carbons (Fsp3) is 0.200. The minimum Gasteiger partial charge on any atom is -0.497 e. The topological polar surface area (TPSA) is 54.9 Å². The fourth-order valence-corrected chi connectivity index (χ4v) is 4.80. The van der Waals surface area contributed by atoms with Crippen LogP contribution in [-0.4, -0.2) is 49.1 Å². The number of thiazole rings is 1. The Bertz CT molecular complexity index is 1230. The van der Waals surface area contributed by atoms with Crippen LogP contribution in [0.3, 0.4) is 0 Å². The molecule has 0 unspecified atom stereocenters. The van der Waals surface area contributed by atoms with E-state index in [-0.39, 0.29) is 5.91 Å². The van der Waals surface area contributed by atoms with Gasteiger partial charge in [-0.05, 0) is 48.5 Å². The Morgan fingerprint density at radius 3 is 2.44 bits per heavy atom. The summed E-state index contributed by atoms with van der Waals surface area (Å²) in [5, 5.41) is 0.985. The number of carbonyl (C=O) groups is 1. The van der Waals surface area contributed by atoms with Crippen LogP contribution in [0, 0.1) is 0 Å². The largest absolute Gasteiger partial charge is 0.497 e. The smallest absolute Gasteiger partial charge is 0.254 e. The molecule has 1 aromatic heterocycles. The van der Waals surface area contributed by atoms with Crippen molar-refractivity contribution in [1.82, 2.24) is 9.88 Å². The zero-order valence-corrected chi connectivity index (χ0v) is 18.5. The lowest BCUT2D eigenvalue weighted by Gasteiger charge is -2.34. The van der Waals surface area contributed by atoms with Crippen molar-refractivity contribution in [3.63, 3.8) is 0 Å². The Balaban J connectivity index is 1.24. The molecule has 1 aliphatic heterocycles. The number of piperazine rings is 1. The minimum atomic E-state index is 0.0252. The number of carbonyl (C=O) groups excluding carboxylic acids is 1. The van der Waals surface area contributed by atoms with E-state index in [1.165, 1.54) is 0 Å². The number of ether oxygens (including phenoxy) is 2. The summed E-state index contributed by atoms with van der Waals surface area (Å²) < 4.78 is 12.3. The van der Waals surface area contributed by atoms with Gasteiger partial charge in [-0.2, -0.15) is 0 Å². The van der Waals surface area contributed by atoms with E-state index in [9.17, 15) is 4.79 Å². The number of fused-ring (bicyclic) bond motifs is 1. The maximum atomic E-state index is 13.1. The first-order chi connectivity index (χ1) is 15.7. The van der Waals surface area contributed by atoms with Crippen molar-refractivity contribution in [3.8, 4) is 17.2 Å². The molecule has 0 saturated carbocycles. The molecule has 162 valence electrons. The Morgan fingerprint density at radius 2 is 1.66 bits per heavy atom. The van der Waals surface area contributed by atoms with Gasteiger partial charge in [-0.3, -0.25) is 4.79 Å². The van der Waals surface area contributed by atoms with Gasteiger partial charge in [0, 0.05) is 31.7 Å². The van der Waals surface area contributed by atoms with E-state index in [1.807, 2.05) is 77.7 Å². The van der Waals surface area contributed by atoms with Crippen LogP contribution in [-0.2, 0) is 0 Å². The highest BCUT2D eigenvalue weighted by atomic mass is 32.1. The molecule has 7 heteroatoms. The molecule has 0 aliphatic carbocycles. The number of hydrogen-bond donors (Lipinski definition) is 0. The van der Waals surface area contributed by atoms with Gasteiger partial charge in [0.05, 0.1) is 17.3 Å². The summed E-state index contributed by atoms with van der Waals surface area (Å²) in [6, 6.07) is 22.9. The van der Waals surface area contributed by atoms with Crippen LogP contribution in [0.5, 0.6) is 17.2 Å². The van der Waals surface area contributed by atoms with E-state index in [0.29, 0.717) is 24.4 Å². The summed E-state index contributed by atoms with van der Waals surface area (Å²) in [6.45, 7) is 2.81. The SMILES string of the molecule is COc1ccc2nc(N3CCN(C(=O)c4cccc(Oc5ccccc5)c4)CC3)sc2c1. The first-order valence-corrected chi connectivity index (χ1v) is 11.3. The van der Waals surface area contributed by atoms with Crippen molar-refractivity contribution in [2.24, 2.45) is 0 Å². The number of methoxy groups -OCH3 is 1. The molecule has 32 heavy (non-hydrogen) atoms. The van der Waals surface area contributed by atoms with Gasteiger partial charge in [-0.15, -0.1) is 0 Å². The average molecular weight is 446 g/mol. The van der Waals surface area contributed by atoms with Crippen LogP contribution in [0.1, 0.15) is 10.4 Å². The lowest BCUT2D eigenvalue weighted by atomic mass is 10.1. The molecule has 0 atom stereocenters.